The van der Waals surface area contributed by atoms with E-state index in [1.807, 2.05) is 6.07 Å². The van der Waals surface area contributed by atoms with E-state index in [0.29, 0.717) is 11.4 Å². The molecule has 1 aromatic heterocycles. The van der Waals surface area contributed by atoms with E-state index in [-0.39, 0.29) is 17.1 Å². The number of carboxylic acids is 1. The summed E-state index contributed by atoms with van der Waals surface area (Å²) < 4.78 is 1.26. The fourth-order valence-corrected chi connectivity index (χ4v) is 2.11. The summed E-state index contributed by atoms with van der Waals surface area (Å²) in [5.74, 6) is -0.998. The Labute approximate surface area is 135 Å². The molecule has 1 heterocycles. The zero-order valence-electron chi connectivity index (χ0n) is 12.4. The van der Waals surface area contributed by atoms with Gasteiger partial charge in [-0.15, -0.1) is 5.11 Å². The first-order valence-electron chi connectivity index (χ1n) is 6.97. The number of H-pyrrole nitrogens is 1. The molecule has 8 heteroatoms. The van der Waals surface area contributed by atoms with Gasteiger partial charge in [-0.05, 0) is 30.3 Å². The minimum absolute atomic E-state index is 0.0421. The Morgan fingerprint density at radius 3 is 2.54 bits per heavy atom. The third-order valence-corrected chi connectivity index (χ3v) is 3.27. The van der Waals surface area contributed by atoms with Crippen LogP contribution in [0.2, 0.25) is 0 Å². The van der Waals surface area contributed by atoms with E-state index in [9.17, 15) is 9.59 Å². The maximum Gasteiger partial charge on any atom is 0.335 e. The van der Waals surface area contributed by atoms with Crippen LogP contribution in [0.3, 0.4) is 0 Å². The molecule has 24 heavy (non-hydrogen) atoms. The number of aromatic carboxylic acids is 1. The number of aromatic nitrogens is 2. The summed E-state index contributed by atoms with van der Waals surface area (Å²) in [4.78, 5) is 23.3. The van der Waals surface area contributed by atoms with Crippen molar-refractivity contribution in [1.82, 2.24) is 9.78 Å². The molecule has 0 amide bonds. The number of nitrogens with one attached hydrogen (secondary N) is 1. The van der Waals surface area contributed by atoms with E-state index in [2.05, 4.69) is 15.3 Å². The molecule has 0 fully saturated rings. The highest BCUT2D eigenvalue weighted by molar-refractivity contribution is 5.88. The molecule has 0 aliphatic rings. The minimum atomic E-state index is -1.07. The first kappa shape index (κ1) is 15.2. The van der Waals surface area contributed by atoms with Crippen molar-refractivity contribution in [3.05, 3.63) is 70.5 Å². The van der Waals surface area contributed by atoms with Crippen molar-refractivity contribution in [3.8, 4) is 5.69 Å². The van der Waals surface area contributed by atoms with Crippen LogP contribution in [0, 0.1) is 0 Å². The molecule has 0 aliphatic carbocycles. The smallest absolute Gasteiger partial charge is 0.335 e. The lowest BCUT2D eigenvalue weighted by molar-refractivity contribution is 0.0697. The van der Waals surface area contributed by atoms with Gasteiger partial charge in [-0.1, -0.05) is 24.3 Å². The van der Waals surface area contributed by atoms with Gasteiger partial charge >= 0.3 is 11.5 Å². The summed E-state index contributed by atoms with van der Waals surface area (Å²) in [6, 6.07) is 14.8. The van der Waals surface area contributed by atoms with Crippen LogP contribution in [0.1, 0.15) is 10.4 Å². The summed E-state index contributed by atoms with van der Waals surface area (Å²) >= 11 is 0. The van der Waals surface area contributed by atoms with Gasteiger partial charge < -0.3 is 10.8 Å². The monoisotopic (exact) mass is 323 g/mol. The number of hydrogen-bond donors (Lipinski definition) is 3. The molecule has 8 nitrogen and oxygen atoms in total. The average molecular weight is 323 g/mol. The fraction of sp³-hybridized carbons (Fsp3) is 0. The van der Waals surface area contributed by atoms with E-state index in [1.165, 1.54) is 16.8 Å². The fourth-order valence-electron chi connectivity index (χ4n) is 2.11. The normalized spacial score (nSPS) is 11.0. The number of benzene rings is 2. The Morgan fingerprint density at radius 1 is 1.08 bits per heavy atom. The number of aromatic amines is 1. The van der Waals surface area contributed by atoms with Gasteiger partial charge in [-0.3, -0.25) is 9.89 Å². The summed E-state index contributed by atoms with van der Waals surface area (Å²) in [5.41, 5.74) is 6.31. The van der Waals surface area contributed by atoms with Crippen molar-refractivity contribution in [2.45, 2.75) is 0 Å². The summed E-state index contributed by atoms with van der Waals surface area (Å²) in [6.07, 6.45) is 0. The van der Waals surface area contributed by atoms with Crippen LogP contribution >= 0.6 is 0 Å². The summed E-state index contributed by atoms with van der Waals surface area (Å²) in [7, 11) is 0. The molecule has 0 aliphatic heterocycles. The number of hydrogen-bond acceptors (Lipinski definition) is 5. The van der Waals surface area contributed by atoms with Gasteiger partial charge in [0.25, 0.3) is 0 Å². The highest BCUT2D eigenvalue weighted by Gasteiger charge is 2.12. The second kappa shape index (κ2) is 6.21. The van der Waals surface area contributed by atoms with Crippen molar-refractivity contribution >= 4 is 23.2 Å². The lowest BCUT2D eigenvalue weighted by atomic mass is 10.2. The Balaban J connectivity index is 1.97. The van der Waals surface area contributed by atoms with E-state index in [1.54, 1.807) is 36.4 Å². The molecule has 0 radical (unpaired) electrons. The predicted octanol–water partition coefficient (Wildman–Crippen LogP) is 2.86. The number of carbonyl (C=O) groups is 1. The number of nitrogens with two attached hydrogens (primary N) is 1. The quantitative estimate of drug-likeness (QED) is 0.638. The van der Waals surface area contributed by atoms with Gasteiger partial charge in [0.05, 0.1) is 16.9 Å². The number of azo groups is 1. The second-order valence-corrected chi connectivity index (χ2v) is 4.91. The number of anilines is 1. The molecule has 3 rings (SSSR count). The van der Waals surface area contributed by atoms with Crippen molar-refractivity contribution in [1.29, 1.82) is 0 Å². The SMILES string of the molecule is Nc1[nH]n(-c2ccccc2)c(=O)c1N=Nc1cccc(C(=O)O)c1. The van der Waals surface area contributed by atoms with Crippen molar-refractivity contribution in [3.63, 3.8) is 0 Å². The number of para-hydroxylation sites is 1. The molecule has 0 atom stereocenters. The number of rotatable bonds is 4. The van der Waals surface area contributed by atoms with Crippen molar-refractivity contribution in [2.75, 3.05) is 5.73 Å². The van der Waals surface area contributed by atoms with Gasteiger partial charge in [0, 0.05) is 0 Å². The first-order valence-corrected chi connectivity index (χ1v) is 6.97. The van der Waals surface area contributed by atoms with E-state index >= 15 is 0 Å². The van der Waals surface area contributed by atoms with Gasteiger partial charge in [0.15, 0.2) is 5.69 Å². The van der Waals surface area contributed by atoms with E-state index in [4.69, 9.17) is 10.8 Å². The first-order chi connectivity index (χ1) is 11.6. The summed E-state index contributed by atoms with van der Waals surface area (Å²) in [6.45, 7) is 0. The van der Waals surface area contributed by atoms with Gasteiger partial charge in [0.2, 0.25) is 0 Å². The predicted molar refractivity (Wildman–Crippen MR) is 88.4 cm³/mol. The molecule has 0 saturated heterocycles. The van der Waals surface area contributed by atoms with E-state index < -0.39 is 11.5 Å². The van der Waals surface area contributed by atoms with Crippen LogP contribution in [0.15, 0.2) is 69.6 Å². The van der Waals surface area contributed by atoms with Crippen molar-refractivity contribution in [2.24, 2.45) is 10.2 Å². The Kier molecular flexibility index (Phi) is 3.94. The molecule has 0 bridgehead atoms. The molecule has 0 unspecified atom stereocenters. The highest BCUT2D eigenvalue weighted by Crippen LogP contribution is 2.21. The minimum Gasteiger partial charge on any atom is -0.478 e. The molecule has 0 spiro atoms. The number of nitrogens with zero attached hydrogens (tertiary/aromatic N) is 3. The van der Waals surface area contributed by atoms with Gasteiger partial charge in [0.1, 0.15) is 5.82 Å². The molecule has 3 aromatic rings. The van der Waals surface area contributed by atoms with E-state index in [0.717, 1.165) is 0 Å². The lowest BCUT2D eigenvalue weighted by Crippen LogP contribution is -2.13. The van der Waals surface area contributed by atoms with Crippen LogP contribution in [-0.2, 0) is 0 Å². The Morgan fingerprint density at radius 2 is 1.83 bits per heavy atom. The van der Waals surface area contributed by atoms with Gasteiger partial charge in [-0.2, -0.15) is 5.11 Å². The van der Waals surface area contributed by atoms with Crippen LogP contribution in [0.5, 0.6) is 0 Å². The zero-order valence-corrected chi connectivity index (χ0v) is 12.4. The Hall–Kier alpha value is -3.68. The molecule has 0 saturated carbocycles. The van der Waals surface area contributed by atoms with Crippen molar-refractivity contribution < 1.29 is 9.90 Å². The maximum atomic E-state index is 12.4. The second-order valence-electron chi connectivity index (χ2n) is 4.91. The molecular weight excluding hydrogens is 310 g/mol. The topological polar surface area (TPSA) is 126 Å². The Bertz CT molecular complexity index is 973. The average Bonchev–Trinajstić information content (AvgIpc) is 2.88. The molecule has 2 aromatic carbocycles. The number of nitrogen functional groups attached to an aromatic ring is 1. The zero-order chi connectivity index (χ0) is 17.1. The standard InChI is InChI=1S/C16H13N5O3/c17-14-13(15(22)21(20-14)12-7-2-1-3-8-12)19-18-11-6-4-5-10(9-11)16(23)24/h1-9,20H,17H2,(H,23,24). The van der Waals surface area contributed by atoms with Crippen LogP contribution in [0.4, 0.5) is 17.2 Å². The highest BCUT2D eigenvalue weighted by atomic mass is 16.4. The van der Waals surface area contributed by atoms with Gasteiger partial charge in [-0.25, -0.2) is 9.48 Å². The molecular formula is C16H13N5O3. The molecule has 4 N–H and O–H groups in total. The largest absolute Gasteiger partial charge is 0.478 e. The summed E-state index contributed by atoms with van der Waals surface area (Å²) in [5, 5.41) is 19.5. The van der Waals surface area contributed by atoms with Crippen LogP contribution < -0.4 is 11.3 Å². The number of carboxylic acid groups (broad SMARTS) is 1. The van der Waals surface area contributed by atoms with Crippen LogP contribution in [-0.4, -0.2) is 20.9 Å². The third kappa shape index (κ3) is 2.93. The maximum absolute atomic E-state index is 12.4. The lowest BCUT2D eigenvalue weighted by Gasteiger charge is -1.98. The third-order valence-electron chi connectivity index (χ3n) is 3.27. The molecule has 120 valence electrons. The van der Waals surface area contributed by atoms with Crippen LogP contribution in [0.25, 0.3) is 5.69 Å².